The highest BCUT2D eigenvalue weighted by atomic mass is 19.4. The summed E-state index contributed by atoms with van der Waals surface area (Å²) in [5.74, 6) is 0. The van der Waals surface area contributed by atoms with E-state index in [9.17, 15) is 13.2 Å². The molecule has 0 saturated heterocycles. The summed E-state index contributed by atoms with van der Waals surface area (Å²) in [5.41, 5.74) is -0.706. The van der Waals surface area contributed by atoms with Crippen LogP contribution in [0.1, 0.15) is 0 Å². The summed E-state index contributed by atoms with van der Waals surface area (Å²) >= 11 is 0. The minimum absolute atomic E-state index is 0.405. The van der Waals surface area contributed by atoms with Gasteiger partial charge in [-0.25, -0.2) is 0 Å². The molecule has 8 heteroatoms. The topological polar surface area (TPSA) is 58.3 Å². The Balaban J connectivity index is 3.08. The molecule has 0 amide bonds. The summed E-state index contributed by atoms with van der Waals surface area (Å²) in [6.07, 6.45) is -3.88. The first-order chi connectivity index (χ1) is 5.43. The Kier molecular flexibility index (Phi) is 2.11. The van der Waals surface area contributed by atoms with Crippen LogP contribution in [0.15, 0.2) is 12.3 Å². The van der Waals surface area contributed by atoms with Crippen LogP contribution in [0.3, 0.4) is 0 Å². The van der Waals surface area contributed by atoms with Crippen molar-refractivity contribution in [2.24, 2.45) is 0 Å². The van der Waals surface area contributed by atoms with Gasteiger partial charge in [0.15, 0.2) is 0 Å². The third-order valence-electron chi connectivity index (χ3n) is 1.18. The Hall–Kier alpha value is -1.02. The monoisotopic (exact) mass is 180 g/mol. The van der Waals surface area contributed by atoms with E-state index >= 15 is 0 Å². The molecule has 0 bridgehead atoms. The summed E-state index contributed by atoms with van der Waals surface area (Å²) < 4.78 is 35.4. The molecule has 0 aliphatic rings. The number of hydrogen-bond acceptors (Lipinski definition) is 3. The summed E-state index contributed by atoms with van der Waals surface area (Å²) in [4.78, 5) is 0. The zero-order chi connectivity index (χ0) is 9.35. The summed E-state index contributed by atoms with van der Waals surface area (Å²) in [7, 11) is -2.17. The van der Waals surface area contributed by atoms with Crippen LogP contribution in [0.5, 0.6) is 0 Å². The predicted octanol–water partition coefficient (Wildman–Crippen LogP) is -0.961. The minimum Gasteiger partial charge on any atom is -0.422 e. The van der Waals surface area contributed by atoms with Gasteiger partial charge in [0.05, 0.1) is 5.59 Å². The van der Waals surface area contributed by atoms with Gasteiger partial charge in [-0.15, -0.1) is 13.2 Å². The van der Waals surface area contributed by atoms with Gasteiger partial charge in [0.2, 0.25) is 0 Å². The molecule has 0 saturated carbocycles. The highest BCUT2D eigenvalue weighted by molar-refractivity contribution is 6.57. The molecule has 0 aliphatic carbocycles. The SMILES string of the molecule is OB(O)c1ccnn1C(F)(F)F. The molecule has 0 unspecified atom stereocenters. The van der Waals surface area contributed by atoms with E-state index in [0.29, 0.717) is 0 Å². The molecule has 1 rings (SSSR count). The third-order valence-corrected chi connectivity index (χ3v) is 1.18. The Labute approximate surface area is 65.4 Å². The number of hydrogen-bond donors (Lipinski definition) is 2. The molecular weight excluding hydrogens is 176 g/mol. The van der Waals surface area contributed by atoms with Crippen LogP contribution in [0.4, 0.5) is 13.2 Å². The highest BCUT2D eigenvalue weighted by Gasteiger charge is 2.36. The van der Waals surface area contributed by atoms with E-state index in [1.807, 2.05) is 0 Å². The van der Waals surface area contributed by atoms with Crippen molar-refractivity contribution in [3.05, 3.63) is 12.3 Å². The molecule has 0 atom stereocenters. The summed E-state index contributed by atoms with van der Waals surface area (Å²) in [6, 6.07) is 0.873. The van der Waals surface area contributed by atoms with E-state index in [1.54, 1.807) is 0 Å². The fourth-order valence-electron chi connectivity index (χ4n) is 0.721. The first-order valence-electron chi connectivity index (χ1n) is 2.90. The maximum atomic E-state index is 11.9. The molecule has 12 heavy (non-hydrogen) atoms. The maximum absolute atomic E-state index is 11.9. The lowest BCUT2D eigenvalue weighted by atomic mass is 9.86. The first kappa shape index (κ1) is 9.08. The van der Waals surface area contributed by atoms with E-state index in [4.69, 9.17) is 10.0 Å². The predicted molar refractivity (Wildman–Crippen MR) is 33.4 cm³/mol. The average Bonchev–Trinajstić information content (AvgIpc) is 2.30. The lowest BCUT2D eigenvalue weighted by molar-refractivity contribution is -0.210. The Bertz CT molecular complexity index is 272. The van der Waals surface area contributed by atoms with Gasteiger partial charge in [-0.1, -0.05) is 0 Å². The number of aromatic nitrogens is 2. The van der Waals surface area contributed by atoms with Gasteiger partial charge >= 0.3 is 13.4 Å². The van der Waals surface area contributed by atoms with Gasteiger partial charge < -0.3 is 10.0 Å². The maximum Gasteiger partial charge on any atom is 0.508 e. The zero-order valence-corrected chi connectivity index (χ0v) is 5.65. The van der Waals surface area contributed by atoms with Crippen LogP contribution < -0.4 is 5.59 Å². The van der Waals surface area contributed by atoms with E-state index in [-0.39, 0.29) is 0 Å². The second-order valence-electron chi connectivity index (χ2n) is 2.01. The molecule has 4 nitrogen and oxygen atoms in total. The van der Waals surface area contributed by atoms with Crippen LogP contribution in [-0.4, -0.2) is 26.9 Å². The van der Waals surface area contributed by atoms with Gasteiger partial charge in [0.25, 0.3) is 0 Å². The number of nitrogens with zero attached hydrogens (tertiary/aromatic N) is 2. The summed E-state index contributed by atoms with van der Waals surface area (Å²) in [5, 5.41) is 19.8. The average molecular weight is 180 g/mol. The summed E-state index contributed by atoms with van der Waals surface area (Å²) in [6.45, 7) is 0. The van der Waals surface area contributed by atoms with Gasteiger partial charge in [0, 0.05) is 6.20 Å². The van der Waals surface area contributed by atoms with Crippen molar-refractivity contribution >= 4 is 12.7 Å². The quantitative estimate of drug-likeness (QED) is 0.547. The minimum atomic E-state index is -4.72. The lowest BCUT2D eigenvalue weighted by Crippen LogP contribution is -2.41. The molecule has 1 aromatic rings. The van der Waals surface area contributed by atoms with Crippen LogP contribution >= 0.6 is 0 Å². The smallest absolute Gasteiger partial charge is 0.422 e. The lowest BCUT2D eigenvalue weighted by Gasteiger charge is -2.09. The van der Waals surface area contributed by atoms with Crippen molar-refractivity contribution in [2.45, 2.75) is 6.30 Å². The first-order valence-corrected chi connectivity index (χ1v) is 2.90. The molecule has 0 fully saturated rings. The van der Waals surface area contributed by atoms with Crippen molar-refractivity contribution in [1.82, 2.24) is 9.78 Å². The fraction of sp³-hybridized carbons (Fsp3) is 0.250. The molecule has 1 heterocycles. The van der Waals surface area contributed by atoms with Crippen LogP contribution in [0.25, 0.3) is 0 Å². The van der Waals surface area contributed by atoms with Crippen LogP contribution in [0, 0.1) is 0 Å². The van der Waals surface area contributed by atoms with Crippen molar-refractivity contribution in [1.29, 1.82) is 0 Å². The molecular formula is C4H4BF3N2O2. The zero-order valence-electron chi connectivity index (χ0n) is 5.65. The Morgan fingerprint density at radius 2 is 2.00 bits per heavy atom. The molecule has 1 aromatic heterocycles. The molecule has 0 aromatic carbocycles. The van der Waals surface area contributed by atoms with Gasteiger partial charge in [-0.05, 0) is 6.07 Å². The largest absolute Gasteiger partial charge is 0.508 e. The second-order valence-corrected chi connectivity index (χ2v) is 2.01. The van der Waals surface area contributed by atoms with Crippen molar-refractivity contribution in [2.75, 3.05) is 0 Å². The third kappa shape index (κ3) is 1.59. The van der Waals surface area contributed by atoms with Gasteiger partial charge in [0.1, 0.15) is 0 Å². The van der Waals surface area contributed by atoms with Crippen LogP contribution in [-0.2, 0) is 6.30 Å². The van der Waals surface area contributed by atoms with Crippen molar-refractivity contribution < 1.29 is 23.2 Å². The molecule has 0 aliphatic heterocycles. The number of alkyl halides is 3. The van der Waals surface area contributed by atoms with Crippen molar-refractivity contribution in [3.8, 4) is 0 Å². The van der Waals surface area contributed by atoms with E-state index in [0.717, 1.165) is 12.3 Å². The van der Waals surface area contributed by atoms with Gasteiger partial charge in [-0.2, -0.15) is 9.78 Å². The molecule has 2 N–H and O–H groups in total. The Morgan fingerprint density at radius 3 is 2.33 bits per heavy atom. The normalized spacial score (nSPS) is 11.8. The second kappa shape index (κ2) is 2.79. The van der Waals surface area contributed by atoms with Crippen LogP contribution in [0.2, 0.25) is 0 Å². The number of halogens is 3. The van der Waals surface area contributed by atoms with E-state index in [1.165, 1.54) is 0 Å². The Morgan fingerprint density at radius 1 is 1.42 bits per heavy atom. The fourth-order valence-corrected chi connectivity index (χ4v) is 0.721. The molecule has 66 valence electrons. The van der Waals surface area contributed by atoms with Crippen molar-refractivity contribution in [3.63, 3.8) is 0 Å². The molecule has 0 radical (unpaired) electrons. The van der Waals surface area contributed by atoms with E-state index in [2.05, 4.69) is 5.10 Å². The standard InChI is InChI=1S/C4H4BF3N2O2/c6-4(7,8)10-3(5(11)12)1-2-9-10/h1-2,11-12H. The van der Waals surface area contributed by atoms with Gasteiger partial charge in [-0.3, -0.25) is 0 Å². The number of rotatable bonds is 1. The molecule has 0 spiro atoms. The highest BCUT2D eigenvalue weighted by Crippen LogP contribution is 2.18. The van der Waals surface area contributed by atoms with E-state index < -0.39 is 23.7 Å².